The Morgan fingerprint density at radius 3 is 2.71 bits per heavy atom. The van der Waals surface area contributed by atoms with E-state index in [4.69, 9.17) is 4.74 Å². The summed E-state index contributed by atoms with van der Waals surface area (Å²) in [5, 5.41) is 2.84. The van der Waals surface area contributed by atoms with Crippen molar-refractivity contribution in [1.82, 2.24) is 5.32 Å². The Bertz CT molecular complexity index is 640. The van der Waals surface area contributed by atoms with E-state index in [1.54, 1.807) is 14.0 Å². The standard InChI is InChI=1S/C17H18FNO2/c1-12-11-14(18)7-8-15(12)17(20)19-10-9-13-5-3-4-6-16(13)21-2/h3-8,11H,9-10H2,1-2H3,(H,19,20). The second kappa shape index (κ2) is 6.88. The molecule has 0 fully saturated rings. The number of para-hydroxylation sites is 1. The van der Waals surface area contributed by atoms with Crippen LogP contribution in [0.4, 0.5) is 4.39 Å². The third-order valence-electron chi connectivity index (χ3n) is 3.31. The largest absolute Gasteiger partial charge is 0.496 e. The maximum atomic E-state index is 13.0. The smallest absolute Gasteiger partial charge is 0.251 e. The number of hydrogen-bond acceptors (Lipinski definition) is 2. The summed E-state index contributed by atoms with van der Waals surface area (Å²) < 4.78 is 18.3. The third-order valence-corrected chi connectivity index (χ3v) is 3.31. The SMILES string of the molecule is COc1ccccc1CCNC(=O)c1ccc(F)cc1C. The first kappa shape index (κ1) is 15.0. The molecule has 1 N–H and O–H groups in total. The highest BCUT2D eigenvalue weighted by Gasteiger charge is 2.09. The molecule has 1 amide bonds. The number of carbonyl (C=O) groups is 1. The summed E-state index contributed by atoms with van der Waals surface area (Å²) in [4.78, 5) is 12.1. The van der Waals surface area contributed by atoms with E-state index in [0.717, 1.165) is 11.3 Å². The quantitative estimate of drug-likeness (QED) is 0.917. The molecule has 0 bridgehead atoms. The van der Waals surface area contributed by atoms with Gasteiger partial charge in [-0.25, -0.2) is 4.39 Å². The second-order valence-electron chi connectivity index (χ2n) is 4.78. The van der Waals surface area contributed by atoms with Crippen molar-refractivity contribution in [2.24, 2.45) is 0 Å². The second-order valence-corrected chi connectivity index (χ2v) is 4.78. The van der Waals surface area contributed by atoms with Gasteiger partial charge in [-0.15, -0.1) is 0 Å². The van der Waals surface area contributed by atoms with Gasteiger partial charge in [-0.05, 0) is 48.7 Å². The van der Waals surface area contributed by atoms with Gasteiger partial charge in [0, 0.05) is 12.1 Å². The maximum Gasteiger partial charge on any atom is 0.251 e. The van der Waals surface area contributed by atoms with Gasteiger partial charge in [-0.1, -0.05) is 18.2 Å². The van der Waals surface area contributed by atoms with Crippen molar-refractivity contribution >= 4 is 5.91 Å². The highest BCUT2D eigenvalue weighted by atomic mass is 19.1. The highest BCUT2D eigenvalue weighted by molar-refractivity contribution is 5.95. The van der Waals surface area contributed by atoms with Crippen molar-refractivity contribution in [3.05, 3.63) is 65.0 Å². The molecule has 2 aromatic rings. The number of carbonyl (C=O) groups excluding carboxylic acids is 1. The first-order valence-corrected chi connectivity index (χ1v) is 6.78. The molecule has 0 radical (unpaired) electrons. The van der Waals surface area contributed by atoms with Gasteiger partial charge >= 0.3 is 0 Å². The van der Waals surface area contributed by atoms with Crippen LogP contribution in [0.3, 0.4) is 0 Å². The van der Waals surface area contributed by atoms with Crippen LogP contribution in [0.5, 0.6) is 5.75 Å². The van der Waals surface area contributed by atoms with Gasteiger partial charge in [0.2, 0.25) is 0 Å². The molecule has 0 aliphatic heterocycles. The van der Waals surface area contributed by atoms with E-state index in [1.807, 2.05) is 24.3 Å². The molecule has 3 nitrogen and oxygen atoms in total. The maximum absolute atomic E-state index is 13.0. The number of rotatable bonds is 5. The molecule has 110 valence electrons. The molecule has 0 aliphatic rings. The normalized spacial score (nSPS) is 10.2. The molecule has 0 heterocycles. The Kier molecular flexibility index (Phi) is 4.93. The topological polar surface area (TPSA) is 38.3 Å². The van der Waals surface area contributed by atoms with Crippen LogP contribution in [-0.4, -0.2) is 19.6 Å². The average molecular weight is 287 g/mol. The molecule has 2 rings (SSSR count). The van der Waals surface area contributed by atoms with Crippen molar-refractivity contribution in [3.8, 4) is 5.75 Å². The van der Waals surface area contributed by atoms with E-state index in [2.05, 4.69) is 5.32 Å². The van der Waals surface area contributed by atoms with Gasteiger partial charge in [0.1, 0.15) is 11.6 Å². The van der Waals surface area contributed by atoms with Gasteiger partial charge in [0.05, 0.1) is 7.11 Å². The third kappa shape index (κ3) is 3.81. The Hall–Kier alpha value is -2.36. The van der Waals surface area contributed by atoms with Crippen LogP contribution < -0.4 is 10.1 Å². The van der Waals surface area contributed by atoms with Crippen LogP contribution in [-0.2, 0) is 6.42 Å². The minimum Gasteiger partial charge on any atom is -0.496 e. The number of amides is 1. The molecular formula is C17H18FNO2. The average Bonchev–Trinajstić information content (AvgIpc) is 2.47. The fourth-order valence-corrected chi connectivity index (χ4v) is 2.20. The lowest BCUT2D eigenvalue weighted by atomic mass is 10.1. The number of halogens is 1. The van der Waals surface area contributed by atoms with Crippen LogP contribution in [0.15, 0.2) is 42.5 Å². The van der Waals surface area contributed by atoms with Crippen molar-refractivity contribution in [1.29, 1.82) is 0 Å². The number of aryl methyl sites for hydroxylation is 1. The van der Waals surface area contributed by atoms with E-state index in [-0.39, 0.29) is 11.7 Å². The van der Waals surface area contributed by atoms with Crippen molar-refractivity contribution in [2.75, 3.05) is 13.7 Å². The highest BCUT2D eigenvalue weighted by Crippen LogP contribution is 2.17. The molecule has 2 aromatic carbocycles. The molecule has 0 spiro atoms. The molecule has 0 aromatic heterocycles. The molecule has 0 aliphatic carbocycles. The first-order chi connectivity index (χ1) is 10.1. The van der Waals surface area contributed by atoms with Crippen molar-refractivity contribution < 1.29 is 13.9 Å². The van der Waals surface area contributed by atoms with Crippen LogP contribution in [0.2, 0.25) is 0 Å². The molecule has 21 heavy (non-hydrogen) atoms. The molecular weight excluding hydrogens is 269 g/mol. The number of benzene rings is 2. The van der Waals surface area contributed by atoms with Gasteiger partial charge in [-0.2, -0.15) is 0 Å². The molecule has 0 saturated carbocycles. The zero-order chi connectivity index (χ0) is 15.2. The predicted molar refractivity (Wildman–Crippen MR) is 80.2 cm³/mol. The lowest BCUT2D eigenvalue weighted by Crippen LogP contribution is -2.26. The fraction of sp³-hybridized carbons (Fsp3) is 0.235. The van der Waals surface area contributed by atoms with E-state index >= 15 is 0 Å². The Morgan fingerprint density at radius 2 is 2.00 bits per heavy atom. The fourth-order valence-electron chi connectivity index (χ4n) is 2.20. The summed E-state index contributed by atoms with van der Waals surface area (Å²) in [6.07, 6.45) is 0.677. The van der Waals surface area contributed by atoms with Crippen LogP contribution in [0, 0.1) is 12.7 Å². The van der Waals surface area contributed by atoms with Crippen LogP contribution >= 0.6 is 0 Å². The van der Waals surface area contributed by atoms with E-state index in [9.17, 15) is 9.18 Å². The molecule has 0 atom stereocenters. The van der Waals surface area contributed by atoms with E-state index in [0.29, 0.717) is 24.1 Å². The molecule has 4 heteroatoms. The zero-order valence-electron chi connectivity index (χ0n) is 12.2. The van der Waals surface area contributed by atoms with E-state index in [1.165, 1.54) is 18.2 Å². The van der Waals surface area contributed by atoms with Gasteiger partial charge in [-0.3, -0.25) is 4.79 Å². The Balaban J connectivity index is 1.95. The number of hydrogen-bond donors (Lipinski definition) is 1. The summed E-state index contributed by atoms with van der Waals surface area (Å²) in [6.45, 7) is 2.22. The van der Waals surface area contributed by atoms with Crippen molar-refractivity contribution in [3.63, 3.8) is 0 Å². The number of nitrogens with one attached hydrogen (secondary N) is 1. The number of methoxy groups -OCH3 is 1. The molecule has 0 saturated heterocycles. The van der Waals surface area contributed by atoms with Gasteiger partial charge in [0.15, 0.2) is 0 Å². The number of ether oxygens (including phenoxy) is 1. The predicted octanol–water partition coefficient (Wildman–Crippen LogP) is 3.12. The van der Waals surface area contributed by atoms with E-state index < -0.39 is 0 Å². The minimum absolute atomic E-state index is 0.192. The van der Waals surface area contributed by atoms with Gasteiger partial charge < -0.3 is 10.1 Å². The first-order valence-electron chi connectivity index (χ1n) is 6.78. The van der Waals surface area contributed by atoms with Crippen LogP contribution in [0.1, 0.15) is 21.5 Å². The monoisotopic (exact) mass is 287 g/mol. The Labute approximate surface area is 123 Å². The summed E-state index contributed by atoms with van der Waals surface area (Å²) >= 11 is 0. The van der Waals surface area contributed by atoms with Crippen LogP contribution in [0.25, 0.3) is 0 Å². The minimum atomic E-state index is -0.335. The van der Waals surface area contributed by atoms with Crippen molar-refractivity contribution in [2.45, 2.75) is 13.3 Å². The lowest BCUT2D eigenvalue weighted by molar-refractivity contribution is 0.0953. The lowest BCUT2D eigenvalue weighted by Gasteiger charge is -2.10. The van der Waals surface area contributed by atoms with Gasteiger partial charge in [0.25, 0.3) is 5.91 Å². The molecule has 0 unspecified atom stereocenters. The summed E-state index contributed by atoms with van der Waals surface area (Å²) in [6, 6.07) is 11.8. The summed E-state index contributed by atoms with van der Waals surface area (Å²) in [7, 11) is 1.62. The summed E-state index contributed by atoms with van der Waals surface area (Å²) in [5.41, 5.74) is 2.16. The zero-order valence-corrected chi connectivity index (χ0v) is 12.2. The summed E-state index contributed by atoms with van der Waals surface area (Å²) in [5.74, 6) is 0.283. The Morgan fingerprint density at radius 1 is 1.24 bits per heavy atom.